The van der Waals surface area contributed by atoms with Crippen molar-refractivity contribution < 1.29 is 14.3 Å². The molecule has 0 fully saturated rings. The maximum Gasteiger partial charge on any atom is 0.251 e. The smallest absolute Gasteiger partial charge is 0.251 e. The van der Waals surface area contributed by atoms with Gasteiger partial charge in [-0.15, -0.1) is 0 Å². The minimum atomic E-state index is -0.161. The zero-order chi connectivity index (χ0) is 16.7. The van der Waals surface area contributed by atoms with Crippen molar-refractivity contribution in [3.8, 4) is 0 Å². The van der Waals surface area contributed by atoms with Crippen molar-refractivity contribution in [1.29, 1.82) is 0 Å². The van der Waals surface area contributed by atoms with E-state index in [2.05, 4.69) is 10.6 Å². The van der Waals surface area contributed by atoms with Crippen molar-refractivity contribution in [2.75, 3.05) is 12.4 Å². The molecule has 0 heterocycles. The molecular weight excluding hydrogens is 292 g/mol. The molecule has 0 saturated heterocycles. The lowest BCUT2D eigenvalue weighted by molar-refractivity contribution is -0.114. The molecule has 2 aromatic carbocycles. The van der Waals surface area contributed by atoms with Crippen molar-refractivity contribution in [2.45, 2.75) is 20.1 Å². The Kier molecular flexibility index (Phi) is 5.88. The van der Waals surface area contributed by atoms with Crippen molar-refractivity contribution >= 4 is 17.5 Å². The van der Waals surface area contributed by atoms with Gasteiger partial charge >= 0.3 is 0 Å². The number of nitrogens with one attached hydrogen (secondary N) is 2. The summed E-state index contributed by atoms with van der Waals surface area (Å²) in [6.45, 7) is 2.39. The third-order valence-corrected chi connectivity index (χ3v) is 3.33. The zero-order valence-corrected chi connectivity index (χ0v) is 13.3. The average Bonchev–Trinajstić information content (AvgIpc) is 2.54. The van der Waals surface area contributed by atoms with E-state index in [1.165, 1.54) is 6.92 Å². The fraction of sp³-hybridized carbons (Fsp3) is 0.222. The normalized spacial score (nSPS) is 10.2. The summed E-state index contributed by atoms with van der Waals surface area (Å²) >= 11 is 0. The highest BCUT2D eigenvalue weighted by Crippen LogP contribution is 2.12. The minimum absolute atomic E-state index is 0.142. The van der Waals surface area contributed by atoms with E-state index in [0.29, 0.717) is 24.4 Å². The van der Waals surface area contributed by atoms with Crippen LogP contribution in [0, 0.1) is 0 Å². The molecule has 2 N–H and O–H groups in total. The number of amides is 2. The van der Waals surface area contributed by atoms with E-state index >= 15 is 0 Å². The summed E-state index contributed by atoms with van der Waals surface area (Å²) < 4.78 is 5.16. The van der Waals surface area contributed by atoms with Crippen molar-refractivity contribution in [1.82, 2.24) is 5.32 Å². The molecule has 23 heavy (non-hydrogen) atoms. The van der Waals surface area contributed by atoms with E-state index in [1.807, 2.05) is 24.3 Å². The first-order chi connectivity index (χ1) is 11.1. The molecule has 0 aliphatic heterocycles. The largest absolute Gasteiger partial charge is 0.380 e. The van der Waals surface area contributed by atoms with E-state index in [4.69, 9.17) is 4.74 Å². The number of hydrogen-bond donors (Lipinski definition) is 2. The predicted molar refractivity (Wildman–Crippen MR) is 89.1 cm³/mol. The summed E-state index contributed by atoms with van der Waals surface area (Å²) in [6, 6.07) is 14.6. The topological polar surface area (TPSA) is 67.4 Å². The highest BCUT2D eigenvalue weighted by molar-refractivity contribution is 5.95. The molecule has 2 amide bonds. The molecule has 0 unspecified atom stereocenters. The van der Waals surface area contributed by atoms with Gasteiger partial charge in [-0.1, -0.05) is 24.3 Å². The quantitative estimate of drug-likeness (QED) is 0.862. The number of ether oxygens (including phenoxy) is 1. The molecule has 0 aliphatic carbocycles. The Bertz CT molecular complexity index is 681. The summed E-state index contributed by atoms with van der Waals surface area (Å²) in [5.74, 6) is -0.302. The van der Waals surface area contributed by atoms with Crippen LogP contribution in [0.2, 0.25) is 0 Å². The molecule has 0 aliphatic rings. The fourth-order valence-corrected chi connectivity index (χ4v) is 2.21. The molecule has 0 spiro atoms. The van der Waals surface area contributed by atoms with Gasteiger partial charge in [0, 0.05) is 31.8 Å². The molecule has 2 rings (SSSR count). The lowest BCUT2D eigenvalue weighted by Gasteiger charge is -2.10. The Labute approximate surface area is 135 Å². The van der Waals surface area contributed by atoms with Crippen molar-refractivity contribution in [2.24, 2.45) is 0 Å². The third-order valence-electron chi connectivity index (χ3n) is 3.33. The van der Waals surface area contributed by atoms with Crippen LogP contribution in [0.5, 0.6) is 0 Å². The van der Waals surface area contributed by atoms with Crippen LogP contribution in [0.1, 0.15) is 28.4 Å². The molecular formula is C18H20N2O3. The molecule has 2 aromatic rings. The lowest BCUT2D eigenvalue weighted by atomic mass is 10.1. The van der Waals surface area contributed by atoms with Crippen LogP contribution in [0.3, 0.4) is 0 Å². The minimum Gasteiger partial charge on any atom is -0.380 e. The molecule has 5 heteroatoms. The Balaban J connectivity index is 1.98. The van der Waals surface area contributed by atoms with Crippen molar-refractivity contribution in [3.63, 3.8) is 0 Å². The van der Waals surface area contributed by atoms with Crippen LogP contribution in [-0.4, -0.2) is 18.9 Å². The first-order valence-electron chi connectivity index (χ1n) is 7.31. The van der Waals surface area contributed by atoms with Crippen LogP contribution < -0.4 is 10.6 Å². The second-order valence-corrected chi connectivity index (χ2v) is 5.14. The van der Waals surface area contributed by atoms with Crippen LogP contribution in [0.25, 0.3) is 0 Å². The fourth-order valence-electron chi connectivity index (χ4n) is 2.21. The summed E-state index contributed by atoms with van der Waals surface area (Å²) in [5.41, 5.74) is 3.29. The van der Waals surface area contributed by atoms with E-state index in [0.717, 1.165) is 11.1 Å². The van der Waals surface area contributed by atoms with Gasteiger partial charge in [0.2, 0.25) is 5.91 Å². The summed E-state index contributed by atoms with van der Waals surface area (Å²) in [5, 5.41) is 5.56. The number of hydrogen-bond acceptors (Lipinski definition) is 3. The van der Waals surface area contributed by atoms with E-state index in [-0.39, 0.29) is 11.8 Å². The Morgan fingerprint density at radius 3 is 2.26 bits per heavy atom. The van der Waals surface area contributed by atoms with E-state index < -0.39 is 0 Å². The maximum absolute atomic E-state index is 12.2. The number of rotatable bonds is 6. The third kappa shape index (κ3) is 4.93. The molecule has 120 valence electrons. The second kappa shape index (κ2) is 8.10. The van der Waals surface area contributed by atoms with Gasteiger partial charge in [-0.3, -0.25) is 9.59 Å². The monoisotopic (exact) mass is 312 g/mol. The van der Waals surface area contributed by atoms with Gasteiger partial charge in [0.1, 0.15) is 0 Å². The van der Waals surface area contributed by atoms with Crippen LogP contribution in [0.4, 0.5) is 5.69 Å². The van der Waals surface area contributed by atoms with Crippen LogP contribution >= 0.6 is 0 Å². The standard InChI is InChI=1S/C18H20N2O3/c1-13(21)20-17-9-7-14(8-10-17)18(22)19-11-15-5-3-4-6-16(15)12-23-2/h3-10H,11-12H2,1-2H3,(H,19,22)(H,20,21). The summed E-state index contributed by atoms with van der Waals surface area (Å²) in [4.78, 5) is 23.2. The Morgan fingerprint density at radius 1 is 1.00 bits per heavy atom. The Hall–Kier alpha value is -2.66. The SMILES string of the molecule is COCc1ccccc1CNC(=O)c1ccc(NC(C)=O)cc1. The first kappa shape index (κ1) is 16.7. The van der Waals surface area contributed by atoms with Gasteiger partial charge in [-0.05, 0) is 35.4 Å². The molecule has 0 aromatic heterocycles. The highest BCUT2D eigenvalue weighted by Gasteiger charge is 2.07. The molecule has 5 nitrogen and oxygen atoms in total. The maximum atomic E-state index is 12.2. The van der Waals surface area contributed by atoms with Gasteiger partial charge < -0.3 is 15.4 Å². The first-order valence-corrected chi connectivity index (χ1v) is 7.31. The predicted octanol–water partition coefficient (Wildman–Crippen LogP) is 2.72. The van der Waals surface area contributed by atoms with Gasteiger partial charge in [0.15, 0.2) is 0 Å². The molecule has 0 bridgehead atoms. The van der Waals surface area contributed by atoms with Gasteiger partial charge in [0.05, 0.1) is 6.61 Å². The zero-order valence-electron chi connectivity index (χ0n) is 13.3. The number of benzene rings is 2. The summed E-state index contributed by atoms with van der Waals surface area (Å²) in [7, 11) is 1.64. The van der Waals surface area contributed by atoms with Gasteiger partial charge in [-0.25, -0.2) is 0 Å². The van der Waals surface area contributed by atoms with E-state index in [1.54, 1.807) is 31.4 Å². The van der Waals surface area contributed by atoms with Crippen molar-refractivity contribution in [3.05, 3.63) is 65.2 Å². The number of carbonyl (C=O) groups excluding carboxylic acids is 2. The van der Waals surface area contributed by atoms with Gasteiger partial charge in [-0.2, -0.15) is 0 Å². The molecule has 0 radical (unpaired) electrons. The molecule has 0 atom stereocenters. The van der Waals surface area contributed by atoms with E-state index in [9.17, 15) is 9.59 Å². The number of methoxy groups -OCH3 is 1. The average molecular weight is 312 g/mol. The van der Waals surface area contributed by atoms with Crippen LogP contribution in [0.15, 0.2) is 48.5 Å². The summed E-state index contributed by atoms with van der Waals surface area (Å²) in [6.07, 6.45) is 0. The Morgan fingerprint density at radius 2 is 1.65 bits per heavy atom. The lowest BCUT2D eigenvalue weighted by Crippen LogP contribution is -2.23. The second-order valence-electron chi connectivity index (χ2n) is 5.14. The molecule has 0 saturated carbocycles. The highest BCUT2D eigenvalue weighted by atomic mass is 16.5. The number of carbonyl (C=O) groups is 2. The van der Waals surface area contributed by atoms with Crippen LogP contribution in [-0.2, 0) is 22.7 Å². The number of anilines is 1. The van der Waals surface area contributed by atoms with Gasteiger partial charge in [0.25, 0.3) is 5.91 Å².